The average Bonchev–Trinajstić information content (AvgIpc) is 3.34. The Labute approximate surface area is 165 Å². The van der Waals surface area contributed by atoms with Crippen molar-refractivity contribution in [1.82, 2.24) is 10.2 Å². The first-order valence-electron chi connectivity index (χ1n) is 9.87. The molecule has 2 aromatic carbocycles. The maximum Gasteiger partial charge on any atom is 0.318 e. The molecule has 2 fully saturated rings. The van der Waals surface area contributed by atoms with Crippen molar-refractivity contribution in [2.24, 2.45) is 0 Å². The number of rotatable bonds is 6. The quantitative estimate of drug-likeness (QED) is 0.745. The van der Waals surface area contributed by atoms with Gasteiger partial charge in [-0.1, -0.05) is 18.2 Å². The highest BCUT2D eigenvalue weighted by Gasteiger charge is 2.30. The van der Waals surface area contributed by atoms with Crippen LogP contribution in [-0.4, -0.2) is 30.7 Å². The third kappa shape index (κ3) is 4.01. The third-order valence-corrected chi connectivity index (χ3v) is 5.53. The van der Waals surface area contributed by atoms with Crippen LogP contribution in [0.25, 0.3) is 0 Å². The molecule has 0 unspecified atom stereocenters. The molecule has 1 aliphatic carbocycles. The van der Waals surface area contributed by atoms with Gasteiger partial charge in [-0.3, -0.25) is 0 Å². The van der Waals surface area contributed by atoms with Crippen LogP contribution in [0.1, 0.15) is 42.9 Å². The predicted molar refractivity (Wildman–Crippen MR) is 108 cm³/mol. The van der Waals surface area contributed by atoms with Crippen molar-refractivity contribution in [2.45, 2.75) is 44.4 Å². The van der Waals surface area contributed by atoms with Crippen LogP contribution in [0, 0.1) is 0 Å². The average molecular weight is 381 g/mol. The molecule has 1 heterocycles. The molecule has 0 radical (unpaired) electrons. The molecule has 3 N–H and O–H groups in total. The van der Waals surface area contributed by atoms with Crippen LogP contribution in [0.15, 0.2) is 42.5 Å². The van der Waals surface area contributed by atoms with Gasteiger partial charge in [-0.05, 0) is 61.1 Å². The van der Waals surface area contributed by atoms with Crippen molar-refractivity contribution in [3.05, 3.63) is 53.6 Å². The molecule has 0 bridgehead atoms. The summed E-state index contributed by atoms with van der Waals surface area (Å²) in [7, 11) is 1.65. The molecule has 0 spiro atoms. The number of nitrogens with one attached hydrogen (secondary N) is 1. The number of hydrogen-bond donors (Lipinski definition) is 2. The molecule has 1 aliphatic heterocycles. The van der Waals surface area contributed by atoms with Gasteiger partial charge in [0.2, 0.25) is 0 Å². The number of carbonyl (C=O) groups is 1. The molecule has 4 rings (SSSR count). The number of nitrogens with two attached hydrogens (primary N) is 1. The van der Waals surface area contributed by atoms with Crippen molar-refractivity contribution in [1.29, 1.82) is 0 Å². The van der Waals surface area contributed by atoms with Crippen molar-refractivity contribution < 1.29 is 14.3 Å². The van der Waals surface area contributed by atoms with E-state index < -0.39 is 0 Å². The van der Waals surface area contributed by atoms with E-state index in [0.717, 1.165) is 41.2 Å². The van der Waals surface area contributed by atoms with Crippen molar-refractivity contribution in [2.75, 3.05) is 19.4 Å². The lowest BCUT2D eigenvalue weighted by Crippen LogP contribution is -2.27. The fourth-order valence-electron chi connectivity index (χ4n) is 3.95. The smallest absolute Gasteiger partial charge is 0.318 e. The number of carbonyl (C=O) groups excluding carboxylic acids is 1. The Bertz CT molecular complexity index is 831. The Morgan fingerprint density at radius 3 is 2.57 bits per heavy atom. The molecule has 2 aromatic rings. The molecule has 2 aliphatic rings. The molecule has 28 heavy (non-hydrogen) atoms. The van der Waals surface area contributed by atoms with Crippen LogP contribution in [0.5, 0.6) is 11.5 Å². The summed E-state index contributed by atoms with van der Waals surface area (Å²) >= 11 is 0. The normalized spacial score (nSPS) is 19.7. The van der Waals surface area contributed by atoms with E-state index in [1.54, 1.807) is 7.11 Å². The topological polar surface area (TPSA) is 76.8 Å². The van der Waals surface area contributed by atoms with Crippen molar-refractivity contribution >= 4 is 11.7 Å². The molecule has 0 aromatic heterocycles. The maximum atomic E-state index is 12.5. The Hall–Kier alpha value is -2.89. The summed E-state index contributed by atoms with van der Waals surface area (Å²) in [5, 5.41) is 3.08. The molecule has 6 heteroatoms. The number of ether oxygens (including phenoxy) is 2. The highest BCUT2D eigenvalue weighted by atomic mass is 16.5. The van der Waals surface area contributed by atoms with E-state index in [-0.39, 0.29) is 18.2 Å². The van der Waals surface area contributed by atoms with Gasteiger partial charge in [0.1, 0.15) is 0 Å². The Kier molecular flexibility index (Phi) is 5.28. The number of urea groups is 1. The van der Waals surface area contributed by atoms with Crippen LogP contribution >= 0.6 is 0 Å². The van der Waals surface area contributed by atoms with Gasteiger partial charge in [0, 0.05) is 18.8 Å². The van der Waals surface area contributed by atoms with E-state index in [1.165, 1.54) is 12.8 Å². The summed E-state index contributed by atoms with van der Waals surface area (Å²) in [4.78, 5) is 14.3. The van der Waals surface area contributed by atoms with Gasteiger partial charge < -0.3 is 25.4 Å². The largest absolute Gasteiger partial charge is 0.493 e. The summed E-state index contributed by atoms with van der Waals surface area (Å²) in [6, 6.07) is 13.4. The highest BCUT2D eigenvalue weighted by Crippen LogP contribution is 2.35. The summed E-state index contributed by atoms with van der Waals surface area (Å²) < 4.78 is 11.7. The molecular formula is C22H27N3O3. The molecule has 2 amide bonds. The maximum absolute atomic E-state index is 12.5. The van der Waals surface area contributed by atoms with Gasteiger partial charge in [0.05, 0.1) is 19.3 Å². The van der Waals surface area contributed by atoms with E-state index in [9.17, 15) is 4.79 Å². The van der Waals surface area contributed by atoms with Gasteiger partial charge in [-0.15, -0.1) is 0 Å². The number of nitrogen functional groups attached to an aromatic ring is 1. The molecule has 1 atom stereocenters. The van der Waals surface area contributed by atoms with E-state index in [4.69, 9.17) is 15.2 Å². The molecule has 6 nitrogen and oxygen atoms in total. The molecule has 148 valence electrons. The zero-order valence-electron chi connectivity index (χ0n) is 16.2. The number of hydrogen-bond acceptors (Lipinski definition) is 4. The lowest BCUT2D eigenvalue weighted by atomic mass is 10.1. The van der Waals surface area contributed by atoms with E-state index in [0.29, 0.717) is 13.1 Å². The van der Waals surface area contributed by atoms with Crippen molar-refractivity contribution in [3.8, 4) is 11.5 Å². The number of amides is 2. The van der Waals surface area contributed by atoms with Crippen LogP contribution in [0.4, 0.5) is 10.5 Å². The second kappa shape index (κ2) is 8.00. The van der Waals surface area contributed by atoms with Crippen LogP contribution in [0.2, 0.25) is 0 Å². The summed E-state index contributed by atoms with van der Waals surface area (Å²) in [5.74, 6) is 1.50. The lowest BCUT2D eigenvalue weighted by Gasteiger charge is -2.19. The number of anilines is 1. The minimum atomic E-state index is -0.0712. The van der Waals surface area contributed by atoms with E-state index in [2.05, 4.69) is 5.32 Å². The highest BCUT2D eigenvalue weighted by molar-refractivity contribution is 5.77. The van der Waals surface area contributed by atoms with E-state index >= 15 is 0 Å². The van der Waals surface area contributed by atoms with Gasteiger partial charge >= 0.3 is 6.03 Å². The minimum absolute atomic E-state index is 0.0593. The first-order valence-corrected chi connectivity index (χ1v) is 9.87. The number of benzene rings is 2. The van der Waals surface area contributed by atoms with Gasteiger partial charge in [0.25, 0.3) is 0 Å². The summed E-state index contributed by atoms with van der Waals surface area (Å²) in [5.41, 5.74) is 8.55. The van der Waals surface area contributed by atoms with Crippen LogP contribution < -0.4 is 20.5 Å². The monoisotopic (exact) mass is 381 g/mol. The van der Waals surface area contributed by atoms with Gasteiger partial charge in [-0.2, -0.15) is 0 Å². The molecular weight excluding hydrogens is 354 g/mol. The predicted octanol–water partition coefficient (Wildman–Crippen LogP) is 3.87. The number of methoxy groups -OCH3 is 1. The SMILES string of the molecule is COc1ccc([C@@H]2CN(Cc3ccc(N)cc3)C(=O)N2)cc1OC1CCCC1. The fraction of sp³-hybridized carbons (Fsp3) is 0.409. The first-order chi connectivity index (χ1) is 13.6. The van der Waals surface area contributed by atoms with Gasteiger partial charge in [0.15, 0.2) is 11.5 Å². The van der Waals surface area contributed by atoms with Crippen molar-refractivity contribution in [3.63, 3.8) is 0 Å². The Morgan fingerprint density at radius 2 is 1.86 bits per heavy atom. The number of nitrogens with zero attached hydrogens (tertiary/aromatic N) is 1. The minimum Gasteiger partial charge on any atom is -0.493 e. The zero-order valence-corrected chi connectivity index (χ0v) is 16.2. The summed E-state index contributed by atoms with van der Waals surface area (Å²) in [6.07, 6.45) is 4.85. The van der Waals surface area contributed by atoms with Gasteiger partial charge in [-0.25, -0.2) is 4.79 Å². The Balaban J connectivity index is 1.47. The molecule has 1 saturated carbocycles. The fourth-order valence-corrected chi connectivity index (χ4v) is 3.95. The lowest BCUT2D eigenvalue weighted by molar-refractivity contribution is 0.200. The van der Waals surface area contributed by atoms with Crippen LogP contribution in [-0.2, 0) is 6.54 Å². The molecule has 1 saturated heterocycles. The second-order valence-electron chi connectivity index (χ2n) is 7.56. The van der Waals surface area contributed by atoms with E-state index in [1.807, 2.05) is 47.4 Å². The standard InChI is InChI=1S/C22H27N3O3/c1-27-20-11-8-16(12-21(20)28-18-4-2-3-5-18)19-14-25(22(26)24-19)13-15-6-9-17(23)10-7-15/h6-12,18-19H,2-5,13-14,23H2,1H3,(H,24,26)/t19-/m0/s1. The second-order valence-corrected chi connectivity index (χ2v) is 7.56. The first kappa shape index (κ1) is 18.5. The van der Waals surface area contributed by atoms with Crippen LogP contribution in [0.3, 0.4) is 0 Å². The third-order valence-electron chi connectivity index (χ3n) is 5.53. The summed E-state index contributed by atoms with van der Waals surface area (Å²) in [6.45, 7) is 1.17. The Morgan fingerprint density at radius 1 is 1.11 bits per heavy atom. The zero-order chi connectivity index (χ0) is 19.5.